The van der Waals surface area contributed by atoms with Crippen molar-refractivity contribution in [1.82, 2.24) is 0 Å². The number of hydrogen-bond acceptors (Lipinski definition) is 3. The molecule has 1 N–H and O–H groups in total. The molecule has 1 saturated heterocycles. The SMILES string of the molecule is Cc1cc(NC(=O)c2ccc(C#N)cc2)ccc1N1CCCC1. The first-order chi connectivity index (χ1) is 11.2. The van der Waals surface area contributed by atoms with Crippen LogP contribution in [-0.2, 0) is 0 Å². The van der Waals surface area contributed by atoms with Crippen LogP contribution < -0.4 is 10.2 Å². The van der Waals surface area contributed by atoms with Gasteiger partial charge in [0.2, 0.25) is 0 Å². The third-order valence-electron chi connectivity index (χ3n) is 4.18. The molecule has 0 bridgehead atoms. The molecule has 0 atom stereocenters. The lowest BCUT2D eigenvalue weighted by Gasteiger charge is -2.20. The molecule has 2 aromatic rings. The summed E-state index contributed by atoms with van der Waals surface area (Å²) in [5.41, 5.74) is 4.31. The van der Waals surface area contributed by atoms with Gasteiger partial charge in [0.05, 0.1) is 11.6 Å². The monoisotopic (exact) mass is 305 g/mol. The highest BCUT2D eigenvalue weighted by Crippen LogP contribution is 2.26. The zero-order chi connectivity index (χ0) is 16.2. The molecule has 1 aliphatic rings. The van der Waals surface area contributed by atoms with Gasteiger partial charge in [0.25, 0.3) is 5.91 Å². The predicted molar refractivity (Wildman–Crippen MR) is 91.7 cm³/mol. The third kappa shape index (κ3) is 3.35. The Bertz CT molecular complexity index is 753. The van der Waals surface area contributed by atoms with Crippen molar-refractivity contribution in [3.63, 3.8) is 0 Å². The number of nitrogens with one attached hydrogen (secondary N) is 1. The summed E-state index contributed by atoms with van der Waals surface area (Å²) in [6.07, 6.45) is 2.49. The summed E-state index contributed by atoms with van der Waals surface area (Å²) in [4.78, 5) is 14.7. The Hall–Kier alpha value is -2.80. The second kappa shape index (κ2) is 6.53. The van der Waals surface area contributed by atoms with Crippen LogP contribution in [0.5, 0.6) is 0 Å². The lowest BCUT2D eigenvalue weighted by atomic mass is 10.1. The molecule has 3 rings (SSSR count). The van der Waals surface area contributed by atoms with E-state index in [0.717, 1.165) is 18.8 Å². The van der Waals surface area contributed by atoms with Gasteiger partial charge >= 0.3 is 0 Å². The number of aryl methyl sites for hydroxylation is 1. The molecule has 0 radical (unpaired) electrons. The fraction of sp³-hybridized carbons (Fsp3) is 0.263. The van der Waals surface area contributed by atoms with Gasteiger partial charge in [-0.15, -0.1) is 0 Å². The second-order valence-corrected chi connectivity index (χ2v) is 5.84. The van der Waals surface area contributed by atoms with Crippen molar-refractivity contribution >= 4 is 17.3 Å². The molecule has 23 heavy (non-hydrogen) atoms. The van der Waals surface area contributed by atoms with Crippen LogP contribution in [0.2, 0.25) is 0 Å². The molecule has 1 aliphatic heterocycles. The molecule has 4 heteroatoms. The third-order valence-corrected chi connectivity index (χ3v) is 4.18. The fourth-order valence-corrected chi connectivity index (χ4v) is 2.95. The van der Waals surface area contributed by atoms with Gasteiger partial charge in [-0.05, 0) is 67.8 Å². The number of nitrogens with zero attached hydrogens (tertiary/aromatic N) is 2. The number of nitriles is 1. The summed E-state index contributed by atoms with van der Waals surface area (Å²) in [6, 6.07) is 14.7. The Balaban J connectivity index is 1.73. The molecule has 0 aliphatic carbocycles. The minimum atomic E-state index is -0.164. The van der Waals surface area contributed by atoms with Gasteiger partial charge in [0.15, 0.2) is 0 Å². The fourth-order valence-electron chi connectivity index (χ4n) is 2.95. The van der Waals surface area contributed by atoms with Crippen LogP contribution in [0.15, 0.2) is 42.5 Å². The molecule has 0 saturated carbocycles. The molecule has 4 nitrogen and oxygen atoms in total. The maximum absolute atomic E-state index is 12.3. The van der Waals surface area contributed by atoms with Crippen LogP contribution in [0.3, 0.4) is 0 Å². The van der Waals surface area contributed by atoms with Crippen LogP contribution >= 0.6 is 0 Å². The van der Waals surface area contributed by atoms with E-state index in [9.17, 15) is 4.79 Å². The minimum absolute atomic E-state index is 0.164. The maximum Gasteiger partial charge on any atom is 0.255 e. The van der Waals surface area contributed by atoms with E-state index in [-0.39, 0.29) is 5.91 Å². The zero-order valence-corrected chi connectivity index (χ0v) is 13.2. The Morgan fingerprint density at radius 1 is 1.13 bits per heavy atom. The summed E-state index contributed by atoms with van der Waals surface area (Å²) < 4.78 is 0. The van der Waals surface area contributed by atoms with Crippen LogP contribution in [0.25, 0.3) is 0 Å². The first-order valence-corrected chi connectivity index (χ1v) is 7.84. The number of benzene rings is 2. The van der Waals surface area contributed by atoms with E-state index in [2.05, 4.69) is 23.2 Å². The molecule has 0 aromatic heterocycles. The van der Waals surface area contributed by atoms with Gasteiger partial charge in [-0.3, -0.25) is 4.79 Å². The van der Waals surface area contributed by atoms with Crippen LogP contribution in [0.4, 0.5) is 11.4 Å². The first-order valence-electron chi connectivity index (χ1n) is 7.84. The van der Waals surface area contributed by atoms with Gasteiger partial charge in [-0.1, -0.05) is 0 Å². The van der Waals surface area contributed by atoms with E-state index in [1.165, 1.54) is 24.1 Å². The van der Waals surface area contributed by atoms with E-state index in [4.69, 9.17) is 5.26 Å². The second-order valence-electron chi connectivity index (χ2n) is 5.84. The summed E-state index contributed by atoms with van der Waals surface area (Å²) in [6.45, 7) is 4.29. The van der Waals surface area contributed by atoms with Crippen molar-refractivity contribution < 1.29 is 4.79 Å². The normalized spacial score (nSPS) is 13.7. The number of rotatable bonds is 3. The summed E-state index contributed by atoms with van der Waals surface area (Å²) in [5, 5.41) is 11.7. The number of hydrogen-bond donors (Lipinski definition) is 1. The molecule has 1 fully saturated rings. The van der Waals surface area contributed by atoms with Crippen molar-refractivity contribution in [2.24, 2.45) is 0 Å². The van der Waals surface area contributed by atoms with Gasteiger partial charge in [-0.2, -0.15) is 5.26 Å². The minimum Gasteiger partial charge on any atom is -0.371 e. The Morgan fingerprint density at radius 2 is 1.83 bits per heavy atom. The highest BCUT2D eigenvalue weighted by molar-refractivity contribution is 6.04. The average Bonchev–Trinajstić information content (AvgIpc) is 3.09. The van der Waals surface area contributed by atoms with E-state index < -0.39 is 0 Å². The number of anilines is 2. The van der Waals surface area contributed by atoms with Crippen molar-refractivity contribution in [3.05, 3.63) is 59.2 Å². The van der Waals surface area contributed by atoms with Gasteiger partial charge < -0.3 is 10.2 Å². The average molecular weight is 305 g/mol. The van der Waals surface area contributed by atoms with E-state index >= 15 is 0 Å². The number of carbonyl (C=O) groups excluding carboxylic acids is 1. The molecule has 1 amide bonds. The molecule has 0 spiro atoms. The number of carbonyl (C=O) groups is 1. The lowest BCUT2D eigenvalue weighted by molar-refractivity contribution is 0.102. The Kier molecular flexibility index (Phi) is 4.29. The van der Waals surface area contributed by atoms with E-state index in [1.807, 2.05) is 18.2 Å². The standard InChI is InChI=1S/C19H19N3O/c1-14-12-17(8-9-18(14)22-10-2-3-11-22)21-19(23)16-6-4-15(13-20)5-7-16/h4-9,12H,2-3,10-11H2,1H3,(H,21,23). The van der Waals surface area contributed by atoms with Gasteiger partial charge in [0, 0.05) is 30.0 Å². The highest BCUT2D eigenvalue weighted by Gasteiger charge is 2.15. The number of amides is 1. The van der Waals surface area contributed by atoms with Crippen LogP contribution in [-0.4, -0.2) is 19.0 Å². The molecular weight excluding hydrogens is 286 g/mol. The summed E-state index contributed by atoms with van der Waals surface area (Å²) in [5.74, 6) is -0.164. The summed E-state index contributed by atoms with van der Waals surface area (Å²) in [7, 11) is 0. The van der Waals surface area contributed by atoms with E-state index in [0.29, 0.717) is 11.1 Å². The van der Waals surface area contributed by atoms with E-state index in [1.54, 1.807) is 24.3 Å². The van der Waals surface area contributed by atoms with Crippen molar-refractivity contribution in [2.75, 3.05) is 23.3 Å². The lowest BCUT2D eigenvalue weighted by Crippen LogP contribution is -2.19. The first kappa shape index (κ1) is 15.1. The predicted octanol–water partition coefficient (Wildman–Crippen LogP) is 3.72. The molecule has 1 heterocycles. The molecule has 0 unspecified atom stereocenters. The van der Waals surface area contributed by atoms with Crippen LogP contribution in [0, 0.1) is 18.3 Å². The van der Waals surface area contributed by atoms with Crippen molar-refractivity contribution in [1.29, 1.82) is 5.26 Å². The maximum atomic E-state index is 12.3. The highest BCUT2D eigenvalue weighted by atomic mass is 16.1. The summed E-state index contributed by atoms with van der Waals surface area (Å²) >= 11 is 0. The quantitative estimate of drug-likeness (QED) is 0.940. The zero-order valence-electron chi connectivity index (χ0n) is 13.2. The van der Waals surface area contributed by atoms with Crippen LogP contribution in [0.1, 0.15) is 34.3 Å². The van der Waals surface area contributed by atoms with Crippen molar-refractivity contribution in [3.8, 4) is 6.07 Å². The molecule has 2 aromatic carbocycles. The smallest absolute Gasteiger partial charge is 0.255 e. The Morgan fingerprint density at radius 3 is 2.43 bits per heavy atom. The van der Waals surface area contributed by atoms with Crippen molar-refractivity contribution in [2.45, 2.75) is 19.8 Å². The molecular formula is C19H19N3O. The van der Waals surface area contributed by atoms with Gasteiger partial charge in [0.1, 0.15) is 0 Å². The van der Waals surface area contributed by atoms with Gasteiger partial charge in [-0.25, -0.2) is 0 Å². The largest absolute Gasteiger partial charge is 0.371 e. The molecule has 116 valence electrons. The topological polar surface area (TPSA) is 56.1 Å². The Labute approximate surface area is 136 Å².